The van der Waals surface area contributed by atoms with Gasteiger partial charge < -0.3 is 10.2 Å². The van der Waals surface area contributed by atoms with Crippen molar-refractivity contribution in [3.8, 4) is 0 Å². The van der Waals surface area contributed by atoms with Crippen molar-refractivity contribution >= 4 is 28.8 Å². The summed E-state index contributed by atoms with van der Waals surface area (Å²) < 4.78 is 0. The van der Waals surface area contributed by atoms with Crippen molar-refractivity contribution in [3.63, 3.8) is 0 Å². The number of carbonyl (C=O) groups excluding carboxylic acids is 2. The normalized spacial score (nSPS) is 20.0. The molecule has 1 aromatic carbocycles. The number of rotatable bonds is 6. The fourth-order valence-corrected chi connectivity index (χ4v) is 5.38. The van der Waals surface area contributed by atoms with Crippen molar-refractivity contribution in [2.24, 2.45) is 0 Å². The predicted molar refractivity (Wildman–Crippen MR) is 121 cm³/mol. The van der Waals surface area contributed by atoms with E-state index in [0.717, 1.165) is 51.3 Å². The number of benzene rings is 1. The molecule has 1 atom stereocenters. The van der Waals surface area contributed by atoms with Crippen LogP contribution in [0.5, 0.6) is 0 Å². The molecule has 2 amide bonds. The number of para-hydroxylation sites is 1. The molecule has 1 saturated heterocycles. The highest BCUT2D eigenvalue weighted by molar-refractivity contribution is 7.10. The molecule has 30 heavy (non-hydrogen) atoms. The van der Waals surface area contributed by atoms with E-state index in [-0.39, 0.29) is 17.9 Å². The lowest BCUT2D eigenvalue weighted by molar-refractivity contribution is -0.136. The van der Waals surface area contributed by atoms with Crippen LogP contribution in [0.3, 0.4) is 0 Å². The lowest BCUT2D eigenvalue weighted by Gasteiger charge is -2.38. The summed E-state index contributed by atoms with van der Waals surface area (Å²) in [6.45, 7) is 7.10. The Bertz CT molecular complexity index is 861. The second-order valence-corrected chi connectivity index (χ2v) is 9.03. The number of amides is 2. The zero-order valence-electron chi connectivity index (χ0n) is 17.5. The topological polar surface area (TPSA) is 55.9 Å². The van der Waals surface area contributed by atoms with Crippen LogP contribution in [0, 0.1) is 0 Å². The Kier molecular flexibility index (Phi) is 6.82. The monoisotopic (exact) mass is 426 g/mol. The third-order valence-corrected chi connectivity index (χ3v) is 7.05. The average molecular weight is 427 g/mol. The fraction of sp³-hybridized carbons (Fsp3) is 0.478. The zero-order chi connectivity index (χ0) is 20.9. The molecule has 0 bridgehead atoms. The summed E-state index contributed by atoms with van der Waals surface area (Å²) in [6.07, 6.45) is 1.93. The Morgan fingerprint density at radius 3 is 2.40 bits per heavy atom. The minimum Gasteiger partial charge on any atom is -0.334 e. The van der Waals surface area contributed by atoms with Crippen LogP contribution in [0.15, 0.2) is 41.8 Å². The maximum absolute atomic E-state index is 13.0. The van der Waals surface area contributed by atoms with Crippen LogP contribution in [0.2, 0.25) is 0 Å². The van der Waals surface area contributed by atoms with Crippen LogP contribution in [0.25, 0.3) is 0 Å². The van der Waals surface area contributed by atoms with Crippen LogP contribution in [-0.2, 0) is 16.0 Å². The molecular formula is C23H30N4O2S. The minimum absolute atomic E-state index is 0.0106. The summed E-state index contributed by atoms with van der Waals surface area (Å²) in [6, 6.07) is 12.0. The highest BCUT2D eigenvalue weighted by Gasteiger charge is 2.31. The van der Waals surface area contributed by atoms with Gasteiger partial charge in [0.2, 0.25) is 11.8 Å². The van der Waals surface area contributed by atoms with Gasteiger partial charge in [-0.2, -0.15) is 0 Å². The van der Waals surface area contributed by atoms with Gasteiger partial charge in [-0.15, -0.1) is 11.3 Å². The van der Waals surface area contributed by atoms with Crippen LogP contribution in [0.4, 0.5) is 5.69 Å². The van der Waals surface area contributed by atoms with E-state index in [4.69, 9.17) is 0 Å². The molecule has 6 nitrogen and oxygen atoms in total. The van der Waals surface area contributed by atoms with Crippen molar-refractivity contribution < 1.29 is 9.59 Å². The third-order valence-electron chi connectivity index (χ3n) is 6.05. The molecular weight excluding hydrogens is 396 g/mol. The molecule has 160 valence electrons. The first-order chi connectivity index (χ1) is 14.6. The molecule has 2 aliphatic rings. The maximum Gasteiger partial charge on any atom is 0.238 e. The zero-order valence-corrected chi connectivity index (χ0v) is 18.4. The highest BCUT2D eigenvalue weighted by Crippen LogP contribution is 2.35. The van der Waals surface area contributed by atoms with Gasteiger partial charge in [0.1, 0.15) is 0 Å². The Labute approximate surface area is 182 Å². The number of fused-ring (bicyclic) bond motifs is 1. The van der Waals surface area contributed by atoms with Gasteiger partial charge in [0.05, 0.1) is 19.1 Å². The second kappa shape index (κ2) is 9.73. The van der Waals surface area contributed by atoms with E-state index in [1.165, 1.54) is 10.4 Å². The number of piperazine rings is 1. The Hall–Kier alpha value is -2.22. The largest absolute Gasteiger partial charge is 0.334 e. The first-order valence-corrected chi connectivity index (χ1v) is 11.7. The fourth-order valence-electron chi connectivity index (χ4n) is 4.45. The van der Waals surface area contributed by atoms with E-state index >= 15 is 0 Å². The van der Waals surface area contributed by atoms with Crippen LogP contribution in [-0.4, -0.2) is 72.3 Å². The summed E-state index contributed by atoms with van der Waals surface area (Å²) in [4.78, 5) is 33.2. The average Bonchev–Trinajstić information content (AvgIpc) is 3.24. The van der Waals surface area contributed by atoms with Gasteiger partial charge in [0.25, 0.3) is 0 Å². The molecule has 0 saturated carbocycles. The molecule has 4 rings (SSSR count). The minimum atomic E-state index is 0.0106. The van der Waals surface area contributed by atoms with Gasteiger partial charge in [-0.1, -0.05) is 25.1 Å². The lowest BCUT2D eigenvalue weighted by Crippen LogP contribution is -2.52. The summed E-state index contributed by atoms with van der Waals surface area (Å²) in [5, 5.41) is 5.09. The van der Waals surface area contributed by atoms with Crippen LogP contribution >= 0.6 is 11.3 Å². The van der Waals surface area contributed by atoms with Gasteiger partial charge >= 0.3 is 0 Å². The van der Waals surface area contributed by atoms with Gasteiger partial charge in [0, 0.05) is 43.3 Å². The van der Waals surface area contributed by atoms with Gasteiger partial charge in [-0.25, -0.2) is 0 Å². The molecule has 2 aliphatic heterocycles. The molecule has 1 fully saturated rings. The van der Waals surface area contributed by atoms with Crippen molar-refractivity contribution in [3.05, 3.63) is 52.2 Å². The van der Waals surface area contributed by atoms with Crippen LogP contribution < -0.4 is 5.32 Å². The summed E-state index contributed by atoms with van der Waals surface area (Å²) >= 11 is 1.81. The number of hydrogen-bond acceptors (Lipinski definition) is 5. The van der Waals surface area contributed by atoms with Crippen LogP contribution in [0.1, 0.15) is 29.8 Å². The van der Waals surface area contributed by atoms with Crippen molar-refractivity contribution in [2.45, 2.75) is 25.8 Å². The summed E-state index contributed by atoms with van der Waals surface area (Å²) in [5.74, 6) is 0.241. The van der Waals surface area contributed by atoms with Crippen molar-refractivity contribution in [2.75, 3.05) is 51.1 Å². The van der Waals surface area contributed by atoms with E-state index in [1.807, 2.05) is 41.7 Å². The van der Waals surface area contributed by atoms with Crippen molar-refractivity contribution in [1.82, 2.24) is 14.7 Å². The van der Waals surface area contributed by atoms with Crippen molar-refractivity contribution in [1.29, 1.82) is 0 Å². The molecule has 0 spiro atoms. The van der Waals surface area contributed by atoms with E-state index in [1.54, 1.807) is 0 Å². The quantitative estimate of drug-likeness (QED) is 0.772. The van der Waals surface area contributed by atoms with Gasteiger partial charge in [-0.05, 0) is 42.0 Å². The van der Waals surface area contributed by atoms with E-state index < -0.39 is 0 Å². The number of anilines is 1. The maximum atomic E-state index is 13.0. The number of nitrogens with zero attached hydrogens (tertiary/aromatic N) is 3. The molecule has 0 aliphatic carbocycles. The molecule has 2 aromatic rings. The van der Waals surface area contributed by atoms with Gasteiger partial charge in [-0.3, -0.25) is 19.4 Å². The predicted octanol–water partition coefficient (Wildman–Crippen LogP) is 2.84. The molecule has 7 heteroatoms. The third kappa shape index (κ3) is 4.91. The Balaban J connectivity index is 1.24. The van der Waals surface area contributed by atoms with Gasteiger partial charge in [0.15, 0.2) is 0 Å². The Morgan fingerprint density at radius 1 is 1.00 bits per heavy atom. The highest BCUT2D eigenvalue weighted by atomic mass is 32.1. The number of carbonyl (C=O) groups is 2. The smallest absolute Gasteiger partial charge is 0.238 e. The van der Waals surface area contributed by atoms with E-state index in [9.17, 15) is 9.59 Å². The van der Waals surface area contributed by atoms with E-state index in [0.29, 0.717) is 13.1 Å². The first-order valence-electron chi connectivity index (χ1n) is 10.8. The SMILES string of the molecule is CCC1c2ccsc2CCN1C(=O)CN1CCN(CC(=O)Nc2ccccc2)CC1. The molecule has 1 unspecified atom stereocenters. The Morgan fingerprint density at radius 2 is 1.70 bits per heavy atom. The standard InChI is InChI=1S/C23H30N4O2S/c1-2-20-19-9-15-30-21(19)8-10-27(20)23(29)17-26-13-11-25(12-14-26)16-22(28)24-18-6-4-3-5-7-18/h3-7,9,15,20H,2,8,10-14,16-17H2,1H3,(H,24,28). The summed E-state index contributed by atoms with van der Waals surface area (Å²) in [5.41, 5.74) is 2.17. The number of nitrogens with one attached hydrogen (secondary N) is 1. The number of hydrogen-bond donors (Lipinski definition) is 1. The first kappa shape index (κ1) is 21.0. The lowest BCUT2D eigenvalue weighted by atomic mass is 9.97. The molecule has 0 radical (unpaired) electrons. The second-order valence-electron chi connectivity index (χ2n) is 8.03. The molecule has 1 N–H and O–H groups in total. The number of thiophene rings is 1. The van der Waals surface area contributed by atoms with E-state index in [2.05, 4.69) is 38.4 Å². The molecule has 3 heterocycles. The molecule has 1 aromatic heterocycles. The summed E-state index contributed by atoms with van der Waals surface area (Å²) in [7, 11) is 0.